The first kappa shape index (κ1) is 27.8. The number of likely N-dealkylation sites (N-methyl/N-ethyl adjacent to an activating group) is 1. The van der Waals surface area contributed by atoms with Gasteiger partial charge in [-0.15, -0.1) is 0 Å². The van der Waals surface area contributed by atoms with Crippen molar-refractivity contribution in [3.05, 3.63) is 77.4 Å². The van der Waals surface area contributed by atoms with Crippen molar-refractivity contribution >= 4 is 23.5 Å². The molecule has 35 heavy (non-hydrogen) atoms. The maximum absolute atomic E-state index is 12.4. The minimum Gasteiger partial charge on any atom is -0.478 e. The molecule has 2 aromatic rings. The standard InChI is InChI=1S/C23H31N3O.C4H4O4/c1-3-4-14-24-15-13-23(27)25-22-12-8-11-19-20(16-26(2)17-21(19)22)18-9-6-5-7-10-18;5-3(6)1-2-4(7)8/h5-12,20,24H,3-4,13-17H2,1-2H3,(H,25,27);1-2H,(H,5,6)(H,7,8)/b;2-1-. The van der Waals surface area contributed by atoms with Crippen LogP contribution < -0.4 is 10.6 Å². The fraction of sp³-hybridized carbons (Fsp3) is 0.370. The number of carboxylic acid groups (broad SMARTS) is 2. The zero-order chi connectivity index (χ0) is 25.6. The Kier molecular flexibility index (Phi) is 11.7. The van der Waals surface area contributed by atoms with Crippen LogP contribution in [0.25, 0.3) is 0 Å². The van der Waals surface area contributed by atoms with E-state index in [-0.39, 0.29) is 5.91 Å². The molecule has 0 fully saturated rings. The predicted octanol–water partition coefficient (Wildman–Crippen LogP) is 3.69. The number of amides is 1. The van der Waals surface area contributed by atoms with E-state index in [0.717, 1.165) is 38.3 Å². The molecule has 2 aromatic carbocycles. The molecule has 1 aliphatic heterocycles. The first-order valence-corrected chi connectivity index (χ1v) is 11.8. The van der Waals surface area contributed by atoms with Gasteiger partial charge in [0.1, 0.15) is 0 Å². The van der Waals surface area contributed by atoms with Crippen LogP contribution in [0.2, 0.25) is 0 Å². The van der Waals surface area contributed by atoms with Gasteiger partial charge in [-0.2, -0.15) is 0 Å². The minimum atomic E-state index is -1.26. The van der Waals surface area contributed by atoms with Crippen LogP contribution in [-0.4, -0.2) is 59.6 Å². The zero-order valence-corrected chi connectivity index (χ0v) is 20.4. The van der Waals surface area contributed by atoms with Crippen LogP contribution >= 0.6 is 0 Å². The first-order valence-electron chi connectivity index (χ1n) is 11.8. The molecule has 1 aliphatic rings. The van der Waals surface area contributed by atoms with E-state index in [1.807, 2.05) is 6.07 Å². The Hall–Kier alpha value is -3.49. The highest BCUT2D eigenvalue weighted by Gasteiger charge is 2.26. The van der Waals surface area contributed by atoms with E-state index in [1.165, 1.54) is 23.1 Å². The van der Waals surface area contributed by atoms with Crippen LogP contribution in [-0.2, 0) is 20.9 Å². The molecule has 8 nitrogen and oxygen atoms in total. The second-order valence-corrected chi connectivity index (χ2v) is 8.44. The molecule has 1 heterocycles. The van der Waals surface area contributed by atoms with Gasteiger partial charge in [0.05, 0.1) is 0 Å². The van der Waals surface area contributed by atoms with Gasteiger partial charge in [0, 0.05) is 49.8 Å². The molecular formula is C27H35N3O5. The fourth-order valence-corrected chi connectivity index (χ4v) is 3.92. The normalized spacial score (nSPS) is 15.1. The third-order valence-electron chi connectivity index (χ3n) is 5.59. The largest absolute Gasteiger partial charge is 0.478 e. The van der Waals surface area contributed by atoms with Crippen molar-refractivity contribution < 1.29 is 24.6 Å². The van der Waals surface area contributed by atoms with Gasteiger partial charge < -0.3 is 25.7 Å². The van der Waals surface area contributed by atoms with Crippen LogP contribution in [0.1, 0.15) is 48.8 Å². The van der Waals surface area contributed by atoms with E-state index in [2.05, 4.69) is 72.0 Å². The molecule has 0 aromatic heterocycles. The smallest absolute Gasteiger partial charge is 0.328 e. The molecular weight excluding hydrogens is 446 g/mol. The Morgan fingerprint density at radius 3 is 2.31 bits per heavy atom. The zero-order valence-electron chi connectivity index (χ0n) is 20.4. The van der Waals surface area contributed by atoms with E-state index in [0.29, 0.717) is 24.5 Å². The lowest BCUT2D eigenvalue weighted by atomic mass is 9.84. The van der Waals surface area contributed by atoms with Crippen molar-refractivity contribution in [2.45, 2.75) is 38.6 Å². The number of carbonyl (C=O) groups excluding carboxylic acids is 1. The SMILES string of the molecule is CCCCNCCC(=O)Nc1cccc2c1CN(C)CC2c1ccccc1.O=C(O)/C=C\C(=O)O. The molecule has 1 atom stereocenters. The number of fused-ring (bicyclic) bond motifs is 1. The van der Waals surface area contributed by atoms with Crippen LogP contribution in [0.15, 0.2) is 60.7 Å². The van der Waals surface area contributed by atoms with Crippen molar-refractivity contribution in [1.82, 2.24) is 10.2 Å². The van der Waals surface area contributed by atoms with Gasteiger partial charge in [0.15, 0.2) is 0 Å². The van der Waals surface area contributed by atoms with Gasteiger partial charge in [0.25, 0.3) is 0 Å². The maximum atomic E-state index is 12.4. The summed E-state index contributed by atoms with van der Waals surface area (Å²) in [4.78, 5) is 33.8. The quantitative estimate of drug-likeness (QED) is 0.302. The summed E-state index contributed by atoms with van der Waals surface area (Å²) in [6, 6.07) is 16.9. The second kappa shape index (κ2) is 14.7. The fourth-order valence-electron chi connectivity index (χ4n) is 3.92. The molecule has 0 radical (unpaired) electrons. The molecule has 1 unspecified atom stereocenters. The Labute approximate surface area is 206 Å². The number of carboxylic acids is 2. The third kappa shape index (κ3) is 9.72. The Morgan fingerprint density at radius 1 is 1.00 bits per heavy atom. The molecule has 188 valence electrons. The van der Waals surface area contributed by atoms with Gasteiger partial charge in [-0.25, -0.2) is 9.59 Å². The number of hydrogen-bond acceptors (Lipinski definition) is 5. The molecule has 0 bridgehead atoms. The van der Waals surface area contributed by atoms with Crippen molar-refractivity contribution in [3.8, 4) is 0 Å². The number of benzene rings is 2. The third-order valence-corrected chi connectivity index (χ3v) is 5.59. The van der Waals surface area contributed by atoms with Crippen molar-refractivity contribution in [3.63, 3.8) is 0 Å². The number of hydrogen-bond donors (Lipinski definition) is 4. The van der Waals surface area contributed by atoms with Crippen LogP contribution in [0.5, 0.6) is 0 Å². The van der Waals surface area contributed by atoms with Crippen molar-refractivity contribution in [2.75, 3.05) is 32.0 Å². The van der Waals surface area contributed by atoms with E-state index in [4.69, 9.17) is 10.2 Å². The average molecular weight is 482 g/mol. The highest BCUT2D eigenvalue weighted by molar-refractivity contribution is 5.92. The van der Waals surface area contributed by atoms with Gasteiger partial charge in [-0.3, -0.25) is 4.79 Å². The number of rotatable bonds is 10. The van der Waals surface area contributed by atoms with E-state index in [1.54, 1.807) is 0 Å². The predicted molar refractivity (Wildman–Crippen MR) is 136 cm³/mol. The van der Waals surface area contributed by atoms with Crippen molar-refractivity contribution in [2.24, 2.45) is 0 Å². The minimum absolute atomic E-state index is 0.0805. The number of anilines is 1. The Balaban J connectivity index is 0.000000466. The van der Waals surface area contributed by atoms with Gasteiger partial charge in [0.2, 0.25) is 5.91 Å². The monoisotopic (exact) mass is 481 g/mol. The summed E-state index contributed by atoms with van der Waals surface area (Å²) in [7, 11) is 2.15. The van der Waals surface area contributed by atoms with Gasteiger partial charge in [-0.05, 0) is 42.8 Å². The van der Waals surface area contributed by atoms with Gasteiger partial charge >= 0.3 is 11.9 Å². The molecule has 1 amide bonds. The number of carbonyl (C=O) groups is 3. The van der Waals surface area contributed by atoms with E-state index in [9.17, 15) is 14.4 Å². The summed E-state index contributed by atoms with van der Waals surface area (Å²) < 4.78 is 0. The number of unbranched alkanes of at least 4 members (excludes halogenated alkanes) is 1. The van der Waals surface area contributed by atoms with Gasteiger partial charge in [-0.1, -0.05) is 55.8 Å². The summed E-state index contributed by atoms with van der Waals surface area (Å²) in [6.07, 6.45) is 3.95. The molecule has 0 saturated carbocycles. The van der Waals surface area contributed by atoms with Crippen molar-refractivity contribution in [1.29, 1.82) is 0 Å². The highest BCUT2D eigenvalue weighted by Crippen LogP contribution is 2.36. The summed E-state index contributed by atoms with van der Waals surface area (Å²) in [5.74, 6) is -2.09. The van der Waals surface area contributed by atoms with Crippen LogP contribution in [0, 0.1) is 0 Å². The molecule has 3 rings (SSSR count). The molecule has 0 aliphatic carbocycles. The number of aliphatic carboxylic acids is 2. The molecule has 0 saturated heterocycles. The van der Waals surface area contributed by atoms with E-state index >= 15 is 0 Å². The maximum Gasteiger partial charge on any atom is 0.328 e. The summed E-state index contributed by atoms with van der Waals surface area (Å²) in [5.41, 5.74) is 4.86. The first-order chi connectivity index (χ1) is 16.8. The summed E-state index contributed by atoms with van der Waals surface area (Å²) in [6.45, 7) is 5.74. The summed E-state index contributed by atoms with van der Waals surface area (Å²) in [5, 5.41) is 22.1. The number of nitrogens with one attached hydrogen (secondary N) is 2. The molecule has 4 N–H and O–H groups in total. The topological polar surface area (TPSA) is 119 Å². The van der Waals surface area contributed by atoms with E-state index < -0.39 is 11.9 Å². The Bertz CT molecular complexity index is 991. The average Bonchev–Trinajstić information content (AvgIpc) is 2.83. The lowest BCUT2D eigenvalue weighted by molar-refractivity contribution is -0.134. The highest BCUT2D eigenvalue weighted by atomic mass is 16.4. The summed E-state index contributed by atoms with van der Waals surface area (Å²) >= 11 is 0. The molecule has 0 spiro atoms. The lowest BCUT2D eigenvalue weighted by Crippen LogP contribution is -2.32. The second-order valence-electron chi connectivity index (χ2n) is 8.44. The lowest BCUT2D eigenvalue weighted by Gasteiger charge is -2.34. The van der Waals surface area contributed by atoms with Crippen LogP contribution in [0.3, 0.4) is 0 Å². The Morgan fingerprint density at radius 2 is 1.69 bits per heavy atom. The number of nitrogens with zero attached hydrogens (tertiary/aromatic N) is 1. The molecule has 8 heteroatoms. The van der Waals surface area contributed by atoms with Crippen LogP contribution in [0.4, 0.5) is 5.69 Å².